The lowest BCUT2D eigenvalue weighted by Crippen LogP contribution is -2.43. The minimum Gasteiger partial charge on any atom is -0.468 e. The number of ether oxygens (including phenoxy) is 1. The fourth-order valence-electron chi connectivity index (χ4n) is 1.44. The average molecular weight is 217 g/mol. The van der Waals surface area contributed by atoms with Gasteiger partial charge in [0.1, 0.15) is 6.04 Å². The van der Waals surface area contributed by atoms with Crippen LogP contribution in [0, 0.1) is 0 Å². The Labute approximate surface area is 92.0 Å². The van der Waals surface area contributed by atoms with Gasteiger partial charge in [-0.1, -0.05) is 19.8 Å². The summed E-state index contributed by atoms with van der Waals surface area (Å²) < 4.78 is 4.72. The van der Waals surface area contributed by atoms with E-state index in [1.165, 1.54) is 7.11 Å². The van der Waals surface area contributed by atoms with Crippen molar-refractivity contribution in [1.29, 1.82) is 0 Å². The first-order valence-electron chi connectivity index (χ1n) is 5.60. The van der Waals surface area contributed by atoms with Crippen LogP contribution in [0.25, 0.3) is 0 Å². The van der Waals surface area contributed by atoms with E-state index in [9.17, 15) is 4.79 Å². The number of carbonyl (C=O) groups excluding carboxylic acids is 1. The van der Waals surface area contributed by atoms with E-state index in [1.54, 1.807) is 0 Å². The van der Waals surface area contributed by atoms with Gasteiger partial charge in [0.25, 0.3) is 0 Å². The zero-order chi connectivity index (χ0) is 11.7. The topological polar surface area (TPSA) is 58.6 Å². The number of methoxy groups -OCH3 is 1. The highest BCUT2D eigenvalue weighted by Gasteiger charge is 2.19. The molecule has 0 heterocycles. The Kier molecular flexibility index (Phi) is 8.33. The second-order valence-electron chi connectivity index (χ2n) is 3.80. The Morgan fingerprint density at radius 2 is 2.13 bits per heavy atom. The van der Waals surface area contributed by atoms with E-state index in [2.05, 4.69) is 12.2 Å². The molecule has 4 heteroatoms. The normalized spacial score (nSPS) is 14.7. The Bertz CT molecular complexity index is 173. The molecule has 4 nitrogen and oxygen atoms in total. The minimum atomic E-state index is -0.239. The summed E-state index contributed by atoms with van der Waals surface area (Å²) in [7, 11) is 1.40. The van der Waals surface area contributed by atoms with Crippen molar-refractivity contribution in [2.75, 3.05) is 13.7 Å². The molecule has 0 aromatic rings. The first-order chi connectivity index (χ1) is 7.15. The summed E-state index contributed by atoms with van der Waals surface area (Å²) in [4.78, 5) is 11.4. The van der Waals surface area contributed by atoms with Crippen molar-refractivity contribution in [3.63, 3.8) is 0 Å². The van der Waals surface area contributed by atoms with Gasteiger partial charge >= 0.3 is 5.97 Å². The largest absolute Gasteiger partial charge is 0.468 e. The molecule has 0 spiro atoms. The predicted octanol–water partition coefficient (Wildman–Crippen LogP) is 1.08. The molecule has 0 aromatic carbocycles. The standard InChI is InChI=1S/C11H23NO3/c1-4-5-6-10(11(14)15-3)12-9(2)7-8-13/h9-10,12-13H,4-8H2,1-3H3. The fourth-order valence-corrected chi connectivity index (χ4v) is 1.44. The lowest BCUT2D eigenvalue weighted by molar-refractivity contribution is -0.143. The van der Waals surface area contributed by atoms with E-state index >= 15 is 0 Å². The van der Waals surface area contributed by atoms with Gasteiger partial charge in [0.2, 0.25) is 0 Å². The highest BCUT2D eigenvalue weighted by molar-refractivity contribution is 5.75. The molecule has 0 fully saturated rings. The van der Waals surface area contributed by atoms with Gasteiger partial charge in [-0.05, 0) is 19.8 Å². The molecule has 0 bridgehead atoms. The predicted molar refractivity (Wildman–Crippen MR) is 59.6 cm³/mol. The van der Waals surface area contributed by atoms with Gasteiger partial charge in [-0.2, -0.15) is 0 Å². The molecule has 0 aliphatic heterocycles. The van der Waals surface area contributed by atoms with Gasteiger partial charge < -0.3 is 15.2 Å². The SMILES string of the molecule is CCCCC(NC(C)CCO)C(=O)OC. The number of hydrogen-bond acceptors (Lipinski definition) is 4. The smallest absolute Gasteiger partial charge is 0.322 e. The van der Waals surface area contributed by atoms with E-state index in [1.807, 2.05) is 6.92 Å². The number of esters is 1. The molecule has 0 aliphatic carbocycles. The fraction of sp³-hybridized carbons (Fsp3) is 0.909. The van der Waals surface area contributed by atoms with Crippen LogP contribution in [0.4, 0.5) is 0 Å². The summed E-state index contributed by atoms with van der Waals surface area (Å²) in [6.07, 6.45) is 3.50. The zero-order valence-corrected chi connectivity index (χ0v) is 9.95. The monoisotopic (exact) mass is 217 g/mol. The minimum absolute atomic E-state index is 0.135. The molecule has 2 atom stereocenters. The maximum absolute atomic E-state index is 11.4. The van der Waals surface area contributed by atoms with Gasteiger partial charge in [0.15, 0.2) is 0 Å². The van der Waals surface area contributed by atoms with Crippen molar-refractivity contribution >= 4 is 5.97 Å². The number of aliphatic hydroxyl groups is 1. The second kappa shape index (κ2) is 8.68. The Morgan fingerprint density at radius 1 is 1.47 bits per heavy atom. The molecule has 0 saturated carbocycles. The molecule has 2 N–H and O–H groups in total. The van der Waals surface area contributed by atoms with E-state index in [0.29, 0.717) is 6.42 Å². The van der Waals surface area contributed by atoms with Crippen molar-refractivity contribution in [2.24, 2.45) is 0 Å². The summed E-state index contributed by atoms with van der Waals surface area (Å²) in [5.74, 6) is -0.215. The summed E-state index contributed by atoms with van der Waals surface area (Å²) in [6.45, 7) is 4.18. The van der Waals surface area contributed by atoms with E-state index in [0.717, 1.165) is 19.3 Å². The van der Waals surface area contributed by atoms with E-state index in [4.69, 9.17) is 9.84 Å². The average Bonchev–Trinajstić information content (AvgIpc) is 2.23. The summed E-state index contributed by atoms with van der Waals surface area (Å²) >= 11 is 0. The molecule has 0 amide bonds. The lowest BCUT2D eigenvalue weighted by atomic mass is 10.1. The van der Waals surface area contributed by atoms with Crippen molar-refractivity contribution in [1.82, 2.24) is 5.32 Å². The number of hydrogen-bond donors (Lipinski definition) is 2. The van der Waals surface area contributed by atoms with Crippen molar-refractivity contribution in [2.45, 2.75) is 51.6 Å². The Morgan fingerprint density at radius 3 is 2.60 bits per heavy atom. The molecule has 15 heavy (non-hydrogen) atoms. The van der Waals surface area contributed by atoms with Gasteiger partial charge in [-0.3, -0.25) is 4.79 Å². The van der Waals surface area contributed by atoms with Crippen LogP contribution in [0.5, 0.6) is 0 Å². The molecular formula is C11H23NO3. The van der Waals surface area contributed by atoms with Crippen LogP contribution >= 0.6 is 0 Å². The van der Waals surface area contributed by atoms with Gasteiger partial charge in [0.05, 0.1) is 7.11 Å². The summed E-state index contributed by atoms with van der Waals surface area (Å²) in [5, 5.41) is 11.9. The maximum atomic E-state index is 11.4. The van der Waals surface area contributed by atoms with Crippen molar-refractivity contribution in [3.05, 3.63) is 0 Å². The Hall–Kier alpha value is -0.610. The van der Waals surface area contributed by atoms with Crippen molar-refractivity contribution in [3.8, 4) is 0 Å². The van der Waals surface area contributed by atoms with E-state index < -0.39 is 0 Å². The van der Waals surface area contributed by atoms with Crippen LogP contribution in [0.1, 0.15) is 39.5 Å². The highest BCUT2D eigenvalue weighted by atomic mass is 16.5. The van der Waals surface area contributed by atoms with Crippen LogP contribution in [0.3, 0.4) is 0 Å². The third-order valence-electron chi connectivity index (χ3n) is 2.38. The van der Waals surface area contributed by atoms with Crippen LogP contribution in [0.2, 0.25) is 0 Å². The quantitative estimate of drug-likeness (QED) is 0.597. The summed E-state index contributed by atoms with van der Waals surface area (Å²) in [6, 6.07) is -0.104. The molecule has 2 unspecified atom stereocenters. The van der Waals surface area contributed by atoms with Crippen LogP contribution in [-0.2, 0) is 9.53 Å². The van der Waals surface area contributed by atoms with Gasteiger partial charge in [-0.25, -0.2) is 0 Å². The van der Waals surface area contributed by atoms with Crippen LogP contribution in [0.15, 0.2) is 0 Å². The third-order valence-corrected chi connectivity index (χ3v) is 2.38. The number of nitrogens with one attached hydrogen (secondary N) is 1. The number of carbonyl (C=O) groups is 1. The molecule has 0 aromatic heterocycles. The zero-order valence-electron chi connectivity index (χ0n) is 9.95. The van der Waals surface area contributed by atoms with Gasteiger partial charge in [-0.15, -0.1) is 0 Å². The van der Waals surface area contributed by atoms with E-state index in [-0.39, 0.29) is 24.7 Å². The lowest BCUT2D eigenvalue weighted by Gasteiger charge is -2.20. The third kappa shape index (κ3) is 6.47. The molecule has 0 radical (unpaired) electrons. The summed E-state index contributed by atoms with van der Waals surface area (Å²) in [5.41, 5.74) is 0. The molecule has 0 rings (SSSR count). The first-order valence-corrected chi connectivity index (χ1v) is 5.60. The maximum Gasteiger partial charge on any atom is 0.322 e. The van der Waals surface area contributed by atoms with Crippen LogP contribution in [-0.4, -0.2) is 36.9 Å². The van der Waals surface area contributed by atoms with Gasteiger partial charge in [0, 0.05) is 12.6 Å². The molecule has 0 aliphatic rings. The van der Waals surface area contributed by atoms with Crippen LogP contribution < -0.4 is 5.32 Å². The molecule has 0 saturated heterocycles. The first kappa shape index (κ1) is 14.4. The number of rotatable bonds is 8. The highest BCUT2D eigenvalue weighted by Crippen LogP contribution is 2.04. The number of aliphatic hydroxyl groups excluding tert-OH is 1. The van der Waals surface area contributed by atoms with Crippen molar-refractivity contribution < 1.29 is 14.6 Å². The molecular weight excluding hydrogens is 194 g/mol. The number of unbranched alkanes of at least 4 members (excludes halogenated alkanes) is 1. The molecule has 90 valence electrons. The second-order valence-corrected chi connectivity index (χ2v) is 3.80. The Balaban J connectivity index is 4.05.